The Hall–Kier alpha value is -2.15. The molecule has 6 nitrogen and oxygen atoms in total. The first-order chi connectivity index (χ1) is 15.6. The molecule has 3 fully saturated rings. The Bertz CT molecular complexity index is 786. The lowest BCUT2D eigenvalue weighted by atomic mass is 9.74. The SMILES string of the molecule is CCNC(=NCC1(c2ccc(F)cc2)CCOCC1)NC1CCN(C(=O)C2CCCC2)C1. The molecule has 176 valence electrons. The molecule has 1 aromatic rings. The van der Waals surface area contributed by atoms with Gasteiger partial charge in [0.2, 0.25) is 5.91 Å². The van der Waals surface area contributed by atoms with Crippen LogP contribution in [0.5, 0.6) is 0 Å². The van der Waals surface area contributed by atoms with Crippen molar-refractivity contribution >= 4 is 11.9 Å². The van der Waals surface area contributed by atoms with Crippen LogP contribution in [0.15, 0.2) is 29.3 Å². The fraction of sp³-hybridized carbons (Fsp3) is 0.680. The van der Waals surface area contributed by atoms with Gasteiger partial charge in [-0.3, -0.25) is 9.79 Å². The van der Waals surface area contributed by atoms with Crippen LogP contribution in [0, 0.1) is 11.7 Å². The first-order valence-corrected chi connectivity index (χ1v) is 12.3. The Morgan fingerprint density at radius 1 is 1.19 bits per heavy atom. The maximum Gasteiger partial charge on any atom is 0.225 e. The smallest absolute Gasteiger partial charge is 0.225 e. The van der Waals surface area contributed by atoms with Gasteiger partial charge in [0, 0.05) is 50.2 Å². The normalized spacial score (nSPS) is 24.0. The van der Waals surface area contributed by atoms with E-state index in [9.17, 15) is 9.18 Å². The molecule has 1 saturated carbocycles. The Labute approximate surface area is 191 Å². The summed E-state index contributed by atoms with van der Waals surface area (Å²) < 4.78 is 19.1. The van der Waals surface area contributed by atoms with Gasteiger partial charge in [-0.15, -0.1) is 0 Å². The van der Waals surface area contributed by atoms with Gasteiger partial charge >= 0.3 is 0 Å². The molecule has 1 amide bonds. The molecule has 7 heteroatoms. The van der Waals surface area contributed by atoms with Crippen LogP contribution in [0.4, 0.5) is 4.39 Å². The number of aliphatic imine (C=N–C) groups is 1. The number of carbonyl (C=O) groups is 1. The molecule has 2 aliphatic heterocycles. The number of halogens is 1. The molecular formula is C25H37FN4O2. The summed E-state index contributed by atoms with van der Waals surface area (Å²) in [4.78, 5) is 19.8. The monoisotopic (exact) mass is 444 g/mol. The second-order valence-corrected chi connectivity index (χ2v) is 9.49. The Kier molecular flexibility index (Phi) is 7.66. The summed E-state index contributed by atoms with van der Waals surface area (Å²) in [5.41, 5.74) is 0.977. The number of nitrogens with zero attached hydrogens (tertiary/aromatic N) is 2. The van der Waals surface area contributed by atoms with Crippen LogP contribution in [-0.4, -0.2) is 62.2 Å². The summed E-state index contributed by atoms with van der Waals surface area (Å²) in [6.45, 7) is 6.41. The Balaban J connectivity index is 1.41. The fourth-order valence-electron chi connectivity index (χ4n) is 5.36. The molecular weight excluding hydrogens is 407 g/mol. The van der Waals surface area contributed by atoms with Crippen LogP contribution in [0.1, 0.15) is 57.4 Å². The number of nitrogens with one attached hydrogen (secondary N) is 2. The number of ether oxygens (including phenoxy) is 1. The lowest BCUT2D eigenvalue weighted by Gasteiger charge is -2.36. The van der Waals surface area contributed by atoms with Gasteiger partial charge in [0.05, 0.1) is 6.54 Å². The molecule has 1 atom stereocenters. The third-order valence-electron chi connectivity index (χ3n) is 7.34. The van der Waals surface area contributed by atoms with E-state index in [2.05, 4.69) is 17.6 Å². The van der Waals surface area contributed by atoms with E-state index in [0.29, 0.717) is 25.7 Å². The quantitative estimate of drug-likeness (QED) is 0.522. The Morgan fingerprint density at radius 3 is 2.59 bits per heavy atom. The highest BCUT2D eigenvalue weighted by molar-refractivity contribution is 5.81. The number of carbonyl (C=O) groups excluding carboxylic acids is 1. The van der Waals surface area contributed by atoms with Crippen LogP contribution in [-0.2, 0) is 14.9 Å². The van der Waals surface area contributed by atoms with Crippen molar-refractivity contribution in [3.8, 4) is 0 Å². The highest BCUT2D eigenvalue weighted by atomic mass is 19.1. The molecule has 0 bridgehead atoms. The Morgan fingerprint density at radius 2 is 1.91 bits per heavy atom. The zero-order valence-electron chi connectivity index (χ0n) is 19.2. The number of hydrogen-bond donors (Lipinski definition) is 2. The number of amides is 1. The molecule has 2 saturated heterocycles. The van der Waals surface area contributed by atoms with Crippen molar-refractivity contribution in [2.24, 2.45) is 10.9 Å². The van der Waals surface area contributed by atoms with Crippen molar-refractivity contribution in [3.05, 3.63) is 35.6 Å². The highest BCUT2D eigenvalue weighted by Crippen LogP contribution is 2.35. The summed E-state index contributed by atoms with van der Waals surface area (Å²) >= 11 is 0. The lowest BCUT2D eigenvalue weighted by Crippen LogP contribution is -2.46. The van der Waals surface area contributed by atoms with Crippen molar-refractivity contribution in [2.45, 2.75) is 63.3 Å². The minimum absolute atomic E-state index is 0.144. The molecule has 1 aromatic carbocycles. The van der Waals surface area contributed by atoms with E-state index >= 15 is 0 Å². The van der Waals surface area contributed by atoms with Gasteiger partial charge < -0.3 is 20.3 Å². The van der Waals surface area contributed by atoms with Gasteiger partial charge in [0.15, 0.2) is 5.96 Å². The highest BCUT2D eigenvalue weighted by Gasteiger charge is 2.35. The average molecular weight is 445 g/mol. The molecule has 0 aromatic heterocycles. The minimum Gasteiger partial charge on any atom is -0.381 e. The van der Waals surface area contributed by atoms with Crippen molar-refractivity contribution in [1.82, 2.24) is 15.5 Å². The van der Waals surface area contributed by atoms with Crippen LogP contribution < -0.4 is 10.6 Å². The predicted octanol–water partition coefficient (Wildman–Crippen LogP) is 3.22. The van der Waals surface area contributed by atoms with Gasteiger partial charge in [-0.25, -0.2) is 4.39 Å². The predicted molar refractivity (Wildman–Crippen MR) is 124 cm³/mol. The fourth-order valence-corrected chi connectivity index (χ4v) is 5.36. The van der Waals surface area contributed by atoms with E-state index in [1.807, 2.05) is 17.0 Å². The van der Waals surface area contributed by atoms with Crippen molar-refractivity contribution < 1.29 is 13.9 Å². The average Bonchev–Trinajstić information content (AvgIpc) is 3.51. The summed E-state index contributed by atoms with van der Waals surface area (Å²) in [6.07, 6.45) is 7.15. The first kappa shape index (κ1) is 23.0. The molecule has 3 aliphatic rings. The summed E-state index contributed by atoms with van der Waals surface area (Å²) in [7, 11) is 0. The molecule has 0 spiro atoms. The summed E-state index contributed by atoms with van der Waals surface area (Å²) in [5, 5.41) is 6.93. The third kappa shape index (κ3) is 5.42. The molecule has 0 radical (unpaired) electrons. The zero-order valence-corrected chi connectivity index (χ0v) is 19.2. The van der Waals surface area contributed by atoms with Crippen molar-refractivity contribution in [2.75, 3.05) is 39.4 Å². The number of guanidine groups is 1. The van der Waals surface area contributed by atoms with Crippen LogP contribution in [0.3, 0.4) is 0 Å². The van der Waals surface area contributed by atoms with Gasteiger partial charge in [-0.1, -0.05) is 25.0 Å². The van der Waals surface area contributed by atoms with Gasteiger partial charge in [0.1, 0.15) is 5.82 Å². The second-order valence-electron chi connectivity index (χ2n) is 9.49. The first-order valence-electron chi connectivity index (χ1n) is 12.3. The molecule has 1 aliphatic carbocycles. The lowest BCUT2D eigenvalue weighted by molar-refractivity contribution is -0.134. The summed E-state index contributed by atoms with van der Waals surface area (Å²) in [6, 6.07) is 7.07. The number of hydrogen-bond acceptors (Lipinski definition) is 3. The van der Waals surface area contributed by atoms with Crippen LogP contribution in [0.25, 0.3) is 0 Å². The van der Waals surface area contributed by atoms with Crippen molar-refractivity contribution in [3.63, 3.8) is 0 Å². The molecule has 4 rings (SSSR count). The molecule has 2 N–H and O–H groups in total. The molecule has 2 heterocycles. The summed E-state index contributed by atoms with van der Waals surface area (Å²) in [5.74, 6) is 1.15. The standard InChI is InChI=1S/C25H37FN4O2/c1-2-27-24(29-22-11-14-30(17-22)23(31)19-5-3-4-6-19)28-18-25(12-15-32-16-13-25)20-7-9-21(26)10-8-20/h7-10,19,22H,2-6,11-18H2,1H3,(H2,27,28,29). The van der Waals surface area contributed by atoms with Gasteiger partial charge in [-0.05, 0) is 56.7 Å². The van der Waals surface area contributed by atoms with Crippen molar-refractivity contribution in [1.29, 1.82) is 0 Å². The van der Waals surface area contributed by atoms with Crippen LogP contribution in [0.2, 0.25) is 0 Å². The van der Waals surface area contributed by atoms with E-state index in [1.165, 1.54) is 25.0 Å². The maximum absolute atomic E-state index is 13.5. The zero-order chi connectivity index (χ0) is 22.4. The minimum atomic E-state index is -0.215. The molecule has 1 unspecified atom stereocenters. The van der Waals surface area contributed by atoms with E-state index in [-0.39, 0.29) is 23.2 Å². The van der Waals surface area contributed by atoms with Gasteiger partial charge in [-0.2, -0.15) is 0 Å². The molecule has 32 heavy (non-hydrogen) atoms. The van der Waals surface area contributed by atoms with Gasteiger partial charge in [0.25, 0.3) is 0 Å². The number of benzene rings is 1. The van der Waals surface area contributed by atoms with E-state index in [1.54, 1.807) is 0 Å². The topological polar surface area (TPSA) is 66.0 Å². The van der Waals surface area contributed by atoms with E-state index < -0.39 is 0 Å². The number of likely N-dealkylation sites (tertiary alicyclic amines) is 1. The van der Waals surface area contributed by atoms with E-state index in [0.717, 1.165) is 63.3 Å². The third-order valence-corrected chi connectivity index (χ3v) is 7.34. The van der Waals surface area contributed by atoms with E-state index in [4.69, 9.17) is 9.73 Å². The number of rotatable bonds is 6. The second kappa shape index (κ2) is 10.6. The maximum atomic E-state index is 13.5. The van der Waals surface area contributed by atoms with Crippen LogP contribution >= 0.6 is 0 Å². The largest absolute Gasteiger partial charge is 0.381 e.